The second kappa shape index (κ2) is 10.8. The maximum atomic E-state index is 10.5. The summed E-state index contributed by atoms with van der Waals surface area (Å²) in [5, 5.41) is 98.9. The molecule has 0 saturated carbocycles. The molecule has 0 aromatic heterocycles. The lowest BCUT2D eigenvalue weighted by atomic mass is 9.96. The molecule has 3 heterocycles. The number of hydrogen-bond donors (Lipinski definition) is 10. The maximum absolute atomic E-state index is 10.5. The zero-order valence-corrected chi connectivity index (χ0v) is 16.7. The van der Waals surface area contributed by atoms with E-state index in [9.17, 15) is 51.1 Å². The van der Waals surface area contributed by atoms with Gasteiger partial charge in [-0.2, -0.15) is 0 Å². The molecule has 0 aliphatic carbocycles. The van der Waals surface area contributed by atoms with Gasteiger partial charge < -0.3 is 74.7 Å². The van der Waals surface area contributed by atoms with E-state index in [1.165, 1.54) is 0 Å². The molecule has 10 N–H and O–H groups in total. The zero-order valence-electron chi connectivity index (χ0n) is 16.7. The van der Waals surface area contributed by atoms with Crippen LogP contribution in [0.4, 0.5) is 0 Å². The van der Waals surface area contributed by atoms with Crippen LogP contribution in [0.5, 0.6) is 0 Å². The molecule has 0 bridgehead atoms. The number of ether oxygens (including phenoxy) is 5. The third-order valence-corrected chi connectivity index (χ3v) is 5.70. The number of rotatable bonds is 6. The summed E-state index contributed by atoms with van der Waals surface area (Å²) in [5.41, 5.74) is 0. The first-order valence-corrected chi connectivity index (χ1v) is 10.00. The van der Waals surface area contributed by atoms with Crippen LogP contribution in [0.2, 0.25) is 0 Å². The van der Waals surface area contributed by atoms with E-state index < -0.39 is 99.2 Å². The summed E-state index contributed by atoms with van der Waals surface area (Å²) in [6.07, 6.45) is -22.6. The van der Waals surface area contributed by atoms with Crippen LogP contribution in [-0.4, -0.2) is 157 Å². The topological polar surface area (TPSA) is 248 Å². The fourth-order valence-corrected chi connectivity index (χ4v) is 3.78. The molecule has 3 aliphatic rings. The van der Waals surface area contributed by atoms with Gasteiger partial charge in [0.2, 0.25) is 0 Å². The van der Waals surface area contributed by atoms with E-state index in [-0.39, 0.29) is 6.61 Å². The van der Waals surface area contributed by atoms with E-state index in [2.05, 4.69) is 0 Å². The van der Waals surface area contributed by atoms with Crippen molar-refractivity contribution in [3.8, 4) is 0 Å². The van der Waals surface area contributed by atoms with Gasteiger partial charge in [0.15, 0.2) is 18.9 Å². The molecule has 3 rings (SSSR count). The van der Waals surface area contributed by atoms with E-state index in [0.29, 0.717) is 0 Å². The first-order chi connectivity index (χ1) is 15.1. The van der Waals surface area contributed by atoms with Crippen molar-refractivity contribution in [1.82, 2.24) is 0 Å². The molecule has 3 saturated heterocycles. The van der Waals surface area contributed by atoms with Gasteiger partial charge >= 0.3 is 0 Å². The van der Waals surface area contributed by atoms with Crippen molar-refractivity contribution in [2.75, 3.05) is 19.8 Å². The molecule has 188 valence electrons. The molecular formula is C17H30O15. The third-order valence-electron chi connectivity index (χ3n) is 5.70. The second-order valence-electron chi connectivity index (χ2n) is 7.89. The molecule has 0 amide bonds. The minimum Gasteiger partial charge on any atom is -0.394 e. The molecule has 15 heteroatoms. The van der Waals surface area contributed by atoms with E-state index in [1.807, 2.05) is 0 Å². The molecule has 1 unspecified atom stereocenters. The summed E-state index contributed by atoms with van der Waals surface area (Å²) in [4.78, 5) is 0. The van der Waals surface area contributed by atoms with Crippen LogP contribution in [0.25, 0.3) is 0 Å². The van der Waals surface area contributed by atoms with Gasteiger partial charge in [-0.3, -0.25) is 0 Å². The van der Waals surface area contributed by atoms with Gasteiger partial charge in [0.1, 0.15) is 67.1 Å². The van der Waals surface area contributed by atoms with Crippen molar-refractivity contribution in [2.45, 2.75) is 86.0 Å². The lowest BCUT2D eigenvalue weighted by Gasteiger charge is -2.47. The molecule has 0 aromatic carbocycles. The van der Waals surface area contributed by atoms with Gasteiger partial charge in [0.25, 0.3) is 0 Å². The first kappa shape index (κ1) is 26.0. The summed E-state index contributed by atoms with van der Waals surface area (Å²) < 4.78 is 26.3. The summed E-state index contributed by atoms with van der Waals surface area (Å²) in [6, 6.07) is 0. The Morgan fingerprint density at radius 2 is 1.09 bits per heavy atom. The molecule has 3 aliphatic heterocycles. The smallest absolute Gasteiger partial charge is 0.187 e. The lowest BCUT2D eigenvalue weighted by Crippen LogP contribution is -2.66. The van der Waals surface area contributed by atoms with Crippen LogP contribution >= 0.6 is 0 Å². The van der Waals surface area contributed by atoms with Crippen molar-refractivity contribution in [3.05, 3.63) is 0 Å². The predicted molar refractivity (Wildman–Crippen MR) is 95.2 cm³/mol. The van der Waals surface area contributed by atoms with Gasteiger partial charge in [-0.15, -0.1) is 0 Å². The Morgan fingerprint density at radius 1 is 0.594 bits per heavy atom. The SMILES string of the molecule is OC[C@H]1O[C@@H](O[C@@H]2[C@H](O)[C@@H](O)C(O)O[C@@H]2CO)[C@H](O)[C@@H](O)[C@H]1O[C@@H]1OC[C@H](O)[C@H](O)[C@H]1O. The standard InChI is InChI=1S/C17H30O15/c18-1-5-13(8(22)10(24)15(27)29-5)32-17-12(26)9(23)14(6(2-19)30-17)31-16-11(25)7(21)4(20)3-28-16/h4-27H,1-3H2/t4-,5+,6+,7-,8+,9+,10+,11+,12+,13-,14-,15?,16-,17-/m0/s1. The lowest BCUT2D eigenvalue weighted by molar-refractivity contribution is -0.372. The highest BCUT2D eigenvalue weighted by Crippen LogP contribution is 2.31. The minimum atomic E-state index is -1.85. The van der Waals surface area contributed by atoms with Crippen LogP contribution < -0.4 is 0 Å². The number of aliphatic hydroxyl groups excluding tert-OH is 10. The van der Waals surface area contributed by atoms with E-state index in [1.54, 1.807) is 0 Å². The number of aliphatic hydroxyl groups is 10. The van der Waals surface area contributed by atoms with Gasteiger partial charge in [0.05, 0.1) is 19.8 Å². The quantitative estimate of drug-likeness (QED) is 0.172. The van der Waals surface area contributed by atoms with Crippen molar-refractivity contribution < 1.29 is 74.7 Å². The Hall–Kier alpha value is -0.600. The van der Waals surface area contributed by atoms with Gasteiger partial charge in [-0.25, -0.2) is 0 Å². The fraction of sp³-hybridized carbons (Fsp3) is 1.00. The maximum Gasteiger partial charge on any atom is 0.187 e. The van der Waals surface area contributed by atoms with Gasteiger partial charge in [0, 0.05) is 0 Å². The summed E-state index contributed by atoms with van der Waals surface area (Å²) in [7, 11) is 0. The van der Waals surface area contributed by atoms with Crippen molar-refractivity contribution in [3.63, 3.8) is 0 Å². The van der Waals surface area contributed by atoms with Crippen molar-refractivity contribution in [2.24, 2.45) is 0 Å². The molecule has 0 radical (unpaired) electrons. The first-order valence-electron chi connectivity index (χ1n) is 10.00. The van der Waals surface area contributed by atoms with Gasteiger partial charge in [-0.1, -0.05) is 0 Å². The monoisotopic (exact) mass is 474 g/mol. The average Bonchev–Trinajstić information content (AvgIpc) is 2.78. The molecule has 32 heavy (non-hydrogen) atoms. The van der Waals surface area contributed by atoms with Crippen LogP contribution in [0.3, 0.4) is 0 Å². The Kier molecular flexibility index (Phi) is 8.75. The van der Waals surface area contributed by atoms with E-state index in [4.69, 9.17) is 23.7 Å². The Morgan fingerprint density at radius 3 is 1.69 bits per heavy atom. The van der Waals surface area contributed by atoms with E-state index in [0.717, 1.165) is 0 Å². The highest BCUT2D eigenvalue weighted by atomic mass is 16.7. The van der Waals surface area contributed by atoms with Gasteiger partial charge in [-0.05, 0) is 0 Å². The molecule has 0 spiro atoms. The van der Waals surface area contributed by atoms with Crippen LogP contribution in [-0.2, 0) is 23.7 Å². The van der Waals surface area contributed by atoms with E-state index >= 15 is 0 Å². The van der Waals surface area contributed by atoms with Crippen LogP contribution in [0.15, 0.2) is 0 Å². The third kappa shape index (κ3) is 5.07. The van der Waals surface area contributed by atoms with Crippen LogP contribution in [0, 0.1) is 0 Å². The Bertz CT molecular complexity index is 592. The molecule has 15 nitrogen and oxygen atoms in total. The molecular weight excluding hydrogens is 444 g/mol. The molecule has 0 aromatic rings. The van der Waals surface area contributed by atoms with Crippen molar-refractivity contribution >= 4 is 0 Å². The predicted octanol–water partition coefficient (Wildman–Crippen LogP) is -6.93. The summed E-state index contributed by atoms with van der Waals surface area (Å²) in [6.45, 7) is -1.89. The molecule has 14 atom stereocenters. The normalized spacial score (nSPS) is 52.7. The minimum absolute atomic E-state index is 0.388. The zero-order chi connectivity index (χ0) is 23.7. The average molecular weight is 474 g/mol. The molecule has 3 fully saturated rings. The largest absolute Gasteiger partial charge is 0.394 e. The second-order valence-corrected chi connectivity index (χ2v) is 7.89. The number of hydrogen-bond acceptors (Lipinski definition) is 15. The highest BCUT2D eigenvalue weighted by Gasteiger charge is 2.52. The van der Waals surface area contributed by atoms with Crippen molar-refractivity contribution in [1.29, 1.82) is 0 Å². The highest BCUT2D eigenvalue weighted by molar-refractivity contribution is 4.95. The summed E-state index contributed by atoms with van der Waals surface area (Å²) >= 11 is 0. The Balaban J connectivity index is 1.69. The fourth-order valence-electron chi connectivity index (χ4n) is 3.78. The Labute approximate surface area is 181 Å². The summed E-state index contributed by atoms with van der Waals surface area (Å²) in [5.74, 6) is 0. The van der Waals surface area contributed by atoms with Crippen LogP contribution in [0.1, 0.15) is 0 Å².